The highest BCUT2D eigenvalue weighted by Gasteiger charge is 1.96. The number of hydrogen-bond donors (Lipinski definition) is 0. The van der Waals surface area contributed by atoms with E-state index < -0.39 is 0 Å². The van der Waals surface area contributed by atoms with Crippen LogP contribution in [0.2, 0.25) is 0 Å². The lowest BCUT2D eigenvalue weighted by Gasteiger charge is -2.04. The summed E-state index contributed by atoms with van der Waals surface area (Å²) in [6.07, 6.45) is 5.73. The highest BCUT2D eigenvalue weighted by atomic mass is 79.9. The third-order valence-corrected chi connectivity index (χ3v) is 2.00. The molecule has 0 saturated heterocycles. The molecular formula is C10H9BrO. The Morgan fingerprint density at radius 3 is 2.83 bits per heavy atom. The SMILES string of the molecule is C#CCCOc1ccccc1Br. The van der Waals surface area contributed by atoms with Crippen LogP contribution in [-0.4, -0.2) is 6.61 Å². The first kappa shape index (κ1) is 9.15. The second kappa shape index (κ2) is 4.84. The van der Waals surface area contributed by atoms with Crippen LogP contribution in [0.25, 0.3) is 0 Å². The summed E-state index contributed by atoms with van der Waals surface area (Å²) in [6.45, 7) is 0.569. The van der Waals surface area contributed by atoms with Gasteiger partial charge in [0.05, 0.1) is 11.1 Å². The lowest BCUT2D eigenvalue weighted by molar-refractivity contribution is 0.325. The van der Waals surface area contributed by atoms with E-state index in [-0.39, 0.29) is 0 Å². The normalized spacial score (nSPS) is 9.00. The highest BCUT2D eigenvalue weighted by molar-refractivity contribution is 9.10. The number of rotatable bonds is 3. The van der Waals surface area contributed by atoms with Gasteiger partial charge in [-0.1, -0.05) is 12.1 Å². The Bertz CT molecular complexity index is 288. The molecule has 0 aliphatic carbocycles. The molecule has 0 fully saturated rings. The van der Waals surface area contributed by atoms with E-state index in [4.69, 9.17) is 11.2 Å². The second-order valence-electron chi connectivity index (χ2n) is 2.23. The molecule has 1 aromatic carbocycles. The maximum atomic E-state index is 5.39. The Morgan fingerprint density at radius 1 is 1.42 bits per heavy atom. The van der Waals surface area contributed by atoms with Gasteiger partial charge in [0.15, 0.2) is 0 Å². The molecule has 0 bridgehead atoms. The van der Waals surface area contributed by atoms with Crippen molar-refractivity contribution in [1.29, 1.82) is 0 Å². The Hall–Kier alpha value is -0.940. The summed E-state index contributed by atoms with van der Waals surface area (Å²) >= 11 is 3.37. The minimum absolute atomic E-state index is 0.569. The number of benzene rings is 1. The number of hydrogen-bond acceptors (Lipinski definition) is 1. The largest absolute Gasteiger partial charge is 0.491 e. The average molecular weight is 225 g/mol. The maximum absolute atomic E-state index is 5.39. The predicted octanol–water partition coefficient (Wildman–Crippen LogP) is 2.85. The van der Waals surface area contributed by atoms with Crippen molar-refractivity contribution < 1.29 is 4.74 Å². The zero-order valence-corrected chi connectivity index (χ0v) is 8.17. The van der Waals surface area contributed by atoms with Crippen molar-refractivity contribution in [1.82, 2.24) is 0 Å². The number of halogens is 1. The van der Waals surface area contributed by atoms with Crippen LogP contribution < -0.4 is 4.74 Å². The van der Waals surface area contributed by atoms with E-state index in [0.717, 1.165) is 10.2 Å². The van der Waals surface area contributed by atoms with Crippen LogP contribution in [0.15, 0.2) is 28.7 Å². The van der Waals surface area contributed by atoms with Gasteiger partial charge in [-0.3, -0.25) is 0 Å². The summed E-state index contributed by atoms with van der Waals surface area (Å²) in [5.74, 6) is 3.36. The van der Waals surface area contributed by atoms with Gasteiger partial charge >= 0.3 is 0 Å². The Labute approximate surface area is 80.9 Å². The van der Waals surface area contributed by atoms with E-state index in [9.17, 15) is 0 Å². The quantitative estimate of drug-likeness (QED) is 0.567. The summed E-state index contributed by atoms with van der Waals surface area (Å²) in [5.41, 5.74) is 0. The van der Waals surface area contributed by atoms with Gasteiger partial charge in [0.2, 0.25) is 0 Å². The summed E-state index contributed by atoms with van der Waals surface area (Å²) in [6, 6.07) is 7.71. The van der Waals surface area contributed by atoms with Crippen LogP contribution in [0.3, 0.4) is 0 Å². The zero-order valence-electron chi connectivity index (χ0n) is 6.59. The van der Waals surface area contributed by atoms with Gasteiger partial charge in [-0.05, 0) is 28.1 Å². The minimum atomic E-state index is 0.569. The minimum Gasteiger partial charge on any atom is -0.491 e. The molecule has 0 aliphatic rings. The standard InChI is InChI=1S/C10H9BrO/c1-2-3-8-12-10-7-5-4-6-9(10)11/h1,4-7H,3,8H2. The van der Waals surface area contributed by atoms with E-state index in [1.54, 1.807) is 0 Å². The maximum Gasteiger partial charge on any atom is 0.133 e. The molecule has 1 aromatic rings. The topological polar surface area (TPSA) is 9.23 Å². The van der Waals surface area contributed by atoms with Crippen LogP contribution in [0, 0.1) is 12.3 Å². The van der Waals surface area contributed by atoms with E-state index in [0.29, 0.717) is 13.0 Å². The molecule has 0 spiro atoms. The van der Waals surface area contributed by atoms with Crippen molar-refractivity contribution in [2.75, 3.05) is 6.61 Å². The van der Waals surface area contributed by atoms with Crippen LogP contribution in [0.1, 0.15) is 6.42 Å². The number of terminal acetylenes is 1. The Kier molecular flexibility index (Phi) is 3.69. The van der Waals surface area contributed by atoms with Crippen molar-refractivity contribution in [3.05, 3.63) is 28.7 Å². The smallest absolute Gasteiger partial charge is 0.133 e. The van der Waals surface area contributed by atoms with Crippen molar-refractivity contribution >= 4 is 15.9 Å². The Balaban J connectivity index is 2.53. The van der Waals surface area contributed by atoms with Gasteiger partial charge in [-0.15, -0.1) is 12.3 Å². The summed E-state index contributed by atoms with van der Waals surface area (Å²) in [5, 5.41) is 0. The predicted molar refractivity (Wildman–Crippen MR) is 53.1 cm³/mol. The van der Waals surface area contributed by atoms with E-state index in [1.807, 2.05) is 24.3 Å². The Morgan fingerprint density at radius 2 is 2.17 bits per heavy atom. The fourth-order valence-corrected chi connectivity index (χ4v) is 1.18. The molecule has 0 heterocycles. The third-order valence-electron chi connectivity index (χ3n) is 1.34. The van der Waals surface area contributed by atoms with Gasteiger partial charge in [-0.25, -0.2) is 0 Å². The molecule has 1 rings (SSSR count). The molecule has 1 nitrogen and oxygen atoms in total. The highest BCUT2D eigenvalue weighted by Crippen LogP contribution is 2.23. The molecule has 0 amide bonds. The molecular weight excluding hydrogens is 216 g/mol. The van der Waals surface area contributed by atoms with Gasteiger partial charge in [0.25, 0.3) is 0 Å². The van der Waals surface area contributed by atoms with E-state index >= 15 is 0 Å². The van der Waals surface area contributed by atoms with Crippen molar-refractivity contribution in [3.8, 4) is 18.1 Å². The van der Waals surface area contributed by atoms with Crippen LogP contribution in [0.4, 0.5) is 0 Å². The molecule has 0 aromatic heterocycles. The fourth-order valence-electron chi connectivity index (χ4n) is 0.782. The van der Waals surface area contributed by atoms with Crippen molar-refractivity contribution in [2.24, 2.45) is 0 Å². The van der Waals surface area contributed by atoms with E-state index in [1.165, 1.54) is 0 Å². The summed E-state index contributed by atoms with van der Waals surface area (Å²) in [7, 11) is 0. The van der Waals surface area contributed by atoms with Gasteiger partial charge in [-0.2, -0.15) is 0 Å². The molecule has 0 radical (unpaired) electrons. The molecule has 0 aliphatic heterocycles. The monoisotopic (exact) mass is 224 g/mol. The first-order valence-corrected chi connectivity index (χ1v) is 4.44. The summed E-state index contributed by atoms with van der Waals surface area (Å²) < 4.78 is 6.35. The molecule has 2 heteroatoms. The molecule has 0 atom stereocenters. The lowest BCUT2D eigenvalue weighted by Crippen LogP contribution is -1.95. The fraction of sp³-hybridized carbons (Fsp3) is 0.200. The van der Waals surface area contributed by atoms with Crippen molar-refractivity contribution in [2.45, 2.75) is 6.42 Å². The molecule has 0 N–H and O–H groups in total. The van der Waals surface area contributed by atoms with Gasteiger partial charge < -0.3 is 4.74 Å². The molecule has 12 heavy (non-hydrogen) atoms. The van der Waals surface area contributed by atoms with Crippen LogP contribution in [-0.2, 0) is 0 Å². The van der Waals surface area contributed by atoms with Crippen LogP contribution >= 0.6 is 15.9 Å². The number of para-hydroxylation sites is 1. The van der Waals surface area contributed by atoms with E-state index in [2.05, 4.69) is 21.9 Å². The van der Waals surface area contributed by atoms with Crippen LogP contribution in [0.5, 0.6) is 5.75 Å². The third kappa shape index (κ3) is 2.60. The van der Waals surface area contributed by atoms with Crippen molar-refractivity contribution in [3.63, 3.8) is 0 Å². The molecule has 0 unspecified atom stereocenters. The molecule has 62 valence electrons. The van der Waals surface area contributed by atoms with Gasteiger partial charge in [0.1, 0.15) is 5.75 Å². The first-order valence-electron chi connectivity index (χ1n) is 3.65. The average Bonchev–Trinajstić information content (AvgIpc) is 2.09. The molecule has 0 saturated carbocycles. The second-order valence-corrected chi connectivity index (χ2v) is 3.09. The van der Waals surface area contributed by atoms with Gasteiger partial charge in [0, 0.05) is 6.42 Å². The summed E-state index contributed by atoms with van der Waals surface area (Å²) in [4.78, 5) is 0. The first-order chi connectivity index (χ1) is 5.84. The number of ether oxygens (including phenoxy) is 1. The zero-order chi connectivity index (χ0) is 8.81. The lowest BCUT2D eigenvalue weighted by atomic mass is 10.3.